The van der Waals surface area contributed by atoms with Crippen LogP contribution in [0.5, 0.6) is 0 Å². The molecule has 86 valence electrons. The summed E-state index contributed by atoms with van der Waals surface area (Å²) in [7, 11) is 0. The molecule has 0 fully saturated rings. The van der Waals surface area contributed by atoms with Gasteiger partial charge in [-0.2, -0.15) is 0 Å². The second-order valence-corrected chi connectivity index (χ2v) is 3.26. The Morgan fingerprint density at radius 3 is 2.88 bits per heavy atom. The molecule has 0 heterocycles. The lowest BCUT2D eigenvalue weighted by atomic mass is 9.96. The molecular formula is C12H13FO3. The minimum atomic E-state index is -0.715. The van der Waals surface area contributed by atoms with Gasteiger partial charge in [-0.15, -0.1) is 0 Å². The van der Waals surface area contributed by atoms with E-state index in [1.54, 1.807) is 13.0 Å². The second kappa shape index (κ2) is 6.00. The standard InChI is InChI=1S/C12H13FO3/c1-2-16-12(15)11(6-7-14)9-4-3-5-10(13)8-9/h3-5,7-8,11H,2,6H2,1H3. The third kappa shape index (κ3) is 3.15. The molecule has 0 N–H and O–H groups in total. The van der Waals surface area contributed by atoms with E-state index in [-0.39, 0.29) is 13.0 Å². The molecule has 1 aromatic carbocycles. The lowest BCUT2D eigenvalue weighted by molar-refractivity contribution is -0.145. The SMILES string of the molecule is CCOC(=O)C(CC=O)c1cccc(F)c1. The number of hydrogen-bond donors (Lipinski definition) is 0. The Balaban J connectivity index is 2.92. The molecule has 0 aliphatic heterocycles. The molecule has 0 aliphatic rings. The number of carbonyl (C=O) groups is 2. The van der Waals surface area contributed by atoms with Crippen molar-refractivity contribution in [3.8, 4) is 0 Å². The molecule has 0 bridgehead atoms. The fourth-order valence-corrected chi connectivity index (χ4v) is 1.43. The predicted molar refractivity (Wildman–Crippen MR) is 56.5 cm³/mol. The average Bonchev–Trinajstić information content (AvgIpc) is 2.26. The monoisotopic (exact) mass is 224 g/mol. The number of halogens is 1. The fourth-order valence-electron chi connectivity index (χ4n) is 1.43. The fraction of sp³-hybridized carbons (Fsp3) is 0.333. The van der Waals surface area contributed by atoms with E-state index in [0.717, 1.165) is 0 Å². The first-order valence-electron chi connectivity index (χ1n) is 5.04. The van der Waals surface area contributed by atoms with Gasteiger partial charge in [0.2, 0.25) is 0 Å². The smallest absolute Gasteiger partial charge is 0.313 e. The maximum Gasteiger partial charge on any atom is 0.313 e. The molecule has 0 aliphatic carbocycles. The summed E-state index contributed by atoms with van der Waals surface area (Å²) in [4.78, 5) is 22.0. The van der Waals surface area contributed by atoms with E-state index in [4.69, 9.17) is 4.74 Å². The molecule has 0 radical (unpaired) electrons. The van der Waals surface area contributed by atoms with Crippen LogP contribution in [0.3, 0.4) is 0 Å². The van der Waals surface area contributed by atoms with Gasteiger partial charge in [0.05, 0.1) is 12.5 Å². The number of ether oxygens (including phenoxy) is 1. The molecular weight excluding hydrogens is 211 g/mol. The Labute approximate surface area is 93.2 Å². The van der Waals surface area contributed by atoms with Crippen LogP contribution in [0.2, 0.25) is 0 Å². The quantitative estimate of drug-likeness (QED) is 0.568. The van der Waals surface area contributed by atoms with Crippen LogP contribution in [0.25, 0.3) is 0 Å². The van der Waals surface area contributed by atoms with Crippen molar-refractivity contribution in [1.82, 2.24) is 0 Å². The zero-order chi connectivity index (χ0) is 12.0. The van der Waals surface area contributed by atoms with Crippen LogP contribution in [0, 0.1) is 5.82 Å². The van der Waals surface area contributed by atoms with Crippen LogP contribution >= 0.6 is 0 Å². The highest BCUT2D eigenvalue weighted by atomic mass is 19.1. The molecule has 3 nitrogen and oxygen atoms in total. The number of esters is 1. The summed E-state index contributed by atoms with van der Waals surface area (Å²) >= 11 is 0. The summed E-state index contributed by atoms with van der Waals surface area (Å²) < 4.78 is 17.8. The van der Waals surface area contributed by atoms with Gasteiger partial charge >= 0.3 is 5.97 Å². The highest BCUT2D eigenvalue weighted by Crippen LogP contribution is 2.21. The van der Waals surface area contributed by atoms with Crippen molar-refractivity contribution in [3.63, 3.8) is 0 Å². The van der Waals surface area contributed by atoms with Crippen molar-refractivity contribution in [1.29, 1.82) is 0 Å². The predicted octanol–water partition coefficient (Wildman–Crippen LogP) is 2.06. The van der Waals surface area contributed by atoms with Crippen LogP contribution in [0.1, 0.15) is 24.8 Å². The van der Waals surface area contributed by atoms with Gasteiger partial charge in [-0.3, -0.25) is 4.79 Å². The number of rotatable bonds is 5. The molecule has 0 amide bonds. The van der Waals surface area contributed by atoms with Gasteiger partial charge in [0.1, 0.15) is 12.1 Å². The van der Waals surface area contributed by atoms with Crippen LogP contribution in [0.4, 0.5) is 4.39 Å². The molecule has 1 rings (SSSR count). The number of benzene rings is 1. The highest BCUT2D eigenvalue weighted by Gasteiger charge is 2.21. The Kier molecular flexibility index (Phi) is 4.64. The van der Waals surface area contributed by atoms with Crippen LogP contribution in [-0.4, -0.2) is 18.9 Å². The maximum absolute atomic E-state index is 13.0. The highest BCUT2D eigenvalue weighted by molar-refractivity contribution is 5.81. The van der Waals surface area contributed by atoms with E-state index in [1.165, 1.54) is 18.2 Å². The number of aldehydes is 1. The maximum atomic E-state index is 13.0. The summed E-state index contributed by atoms with van der Waals surface area (Å²) in [5.74, 6) is -1.65. The Morgan fingerprint density at radius 1 is 1.56 bits per heavy atom. The number of hydrogen-bond acceptors (Lipinski definition) is 3. The second-order valence-electron chi connectivity index (χ2n) is 3.26. The van der Waals surface area contributed by atoms with Crippen LogP contribution in [-0.2, 0) is 14.3 Å². The molecule has 1 unspecified atom stereocenters. The number of carbonyl (C=O) groups excluding carboxylic acids is 2. The molecule has 0 saturated carbocycles. The summed E-state index contributed by atoms with van der Waals surface area (Å²) in [5.41, 5.74) is 0.463. The van der Waals surface area contributed by atoms with Crippen LogP contribution < -0.4 is 0 Å². The molecule has 1 atom stereocenters. The van der Waals surface area contributed by atoms with Crippen molar-refractivity contribution >= 4 is 12.3 Å². The first-order chi connectivity index (χ1) is 7.69. The Hall–Kier alpha value is -1.71. The minimum absolute atomic E-state index is 0.00227. The van der Waals surface area contributed by atoms with Crippen molar-refractivity contribution in [3.05, 3.63) is 35.6 Å². The molecule has 0 saturated heterocycles. The van der Waals surface area contributed by atoms with Gasteiger partial charge in [-0.05, 0) is 24.6 Å². The first kappa shape index (κ1) is 12.4. The summed E-state index contributed by atoms with van der Waals surface area (Å²) in [5, 5.41) is 0. The third-order valence-corrected chi connectivity index (χ3v) is 2.15. The topological polar surface area (TPSA) is 43.4 Å². The molecule has 4 heteroatoms. The average molecular weight is 224 g/mol. The van der Waals surface area contributed by atoms with E-state index in [2.05, 4.69) is 0 Å². The first-order valence-corrected chi connectivity index (χ1v) is 5.04. The van der Waals surface area contributed by atoms with Crippen molar-refractivity contribution in [2.24, 2.45) is 0 Å². The normalized spacial score (nSPS) is 11.9. The van der Waals surface area contributed by atoms with E-state index in [0.29, 0.717) is 11.8 Å². The van der Waals surface area contributed by atoms with Gasteiger partial charge in [-0.1, -0.05) is 12.1 Å². The molecule has 0 spiro atoms. The van der Waals surface area contributed by atoms with Gasteiger partial charge in [0.25, 0.3) is 0 Å². The minimum Gasteiger partial charge on any atom is -0.466 e. The van der Waals surface area contributed by atoms with E-state index < -0.39 is 17.7 Å². The summed E-state index contributed by atoms with van der Waals surface area (Å²) in [6.07, 6.45) is 0.634. The van der Waals surface area contributed by atoms with Crippen molar-refractivity contribution in [2.75, 3.05) is 6.61 Å². The lowest BCUT2D eigenvalue weighted by Crippen LogP contribution is -2.16. The molecule has 0 aromatic heterocycles. The van der Waals surface area contributed by atoms with Gasteiger partial charge in [0, 0.05) is 6.42 Å². The van der Waals surface area contributed by atoms with Gasteiger partial charge in [0.15, 0.2) is 0 Å². The Morgan fingerprint density at radius 2 is 2.31 bits per heavy atom. The van der Waals surface area contributed by atoms with Crippen molar-refractivity contribution < 1.29 is 18.7 Å². The summed E-state index contributed by atoms with van der Waals surface area (Å²) in [6.45, 7) is 1.92. The zero-order valence-electron chi connectivity index (χ0n) is 8.98. The van der Waals surface area contributed by atoms with E-state index in [9.17, 15) is 14.0 Å². The van der Waals surface area contributed by atoms with Gasteiger partial charge < -0.3 is 9.53 Å². The summed E-state index contributed by atoms with van der Waals surface area (Å²) in [6, 6.07) is 5.63. The Bertz CT molecular complexity index is 376. The van der Waals surface area contributed by atoms with E-state index in [1.807, 2.05) is 0 Å². The largest absolute Gasteiger partial charge is 0.466 e. The molecule has 16 heavy (non-hydrogen) atoms. The third-order valence-electron chi connectivity index (χ3n) is 2.15. The van der Waals surface area contributed by atoms with E-state index >= 15 is 0 Å². The zero-order valence-corrected chi connectivity index (χ0v) is 8.98. The van der Waals surface area contributed by atoms with Crippen molar-refractivity contribution in [2.45, 2.75) is 19.3 Å². The van der Waals surface area contributed by atoms with Gasteiger partial charge in [-0.25, -0.2) is 4.39 Å². The van der Waals surface area contributed by atoms with Crippen LogP contribution in [0.15, 0.2) is 24.3 Å². The lowest BCUT2D eigenvalue weighted by Gasteiger charge is -2.13. The molecule has 1 aromatic rings.